The van der Waals surface area contributed by atoms with Crippen LogP contribution in [0.15, 0.2) is 28.8 Å². The molecule has 0 amide bonds. The molecular formula is C16H23ClN4O2. The number of hydrogen-bond donors (Lipinski definition) is 1. The van der Waals surface area contributed by atoms with Crippen molar-refractivity contribution in [1.82, 2.24) is 15.0 Å². The van der Waals surface area contributed by atoms with Gasteiger partial charge in [0.1, 0.15) is 5.75 Å². The number of benzene rings is 1. The molecule has 2 aromatic rings. The standard InChI is InChI=1S/C16H22N4O2.ClH/c1-20(14(9-17)11-3-4-11)10-15-18-16(19-22-15)12-5-7-13(21-2)8-6-12;/h5-8,11,14H,3-4,9-10,17H2,1-2H3;1H. The van der Waals surface area contributed by atoms with E-state index in [9.17, 15) is 0 Å². The lowest BCUT2D eigenvalue weighted by atomic mass is 10.1. The molecule has 1 fully saturated rings. The summed E-state index contributed by atoms with van der Waals surface area (Å²) >= 11 is 0. The third-order valence-corrected chi connectivity index (χ3v) is 4.17. The molecule has 0 aliphatic heterocycles. The summed E-state index contributed by atoms with van der Waals surface area (Å²) in [6.45, 7) is 1.29. The van der Waals surface area contributed by atoms with Gasteiger partial charge in [0.25, 0.3) is 0 Å². The van der Waals surface area contributed by atoms with Crippen molar-refractivity contribution in [2.45, 2.75) is 25.4 Å². The molecule has 2 N–H and O–H groups in total. The smallest absolute Gasteiger partial charge is 0.241 e. The Labute approximate surface area is 142 Å². The molecule has 1 aliphatic rings. The van der Waals surface area contributed by atoms with Crippen molar-refractivity contribution < 1.29 is 9.26 Å². The molecule has 6 nitrogen and oxygen atoms in total. The summed E-state index contributed by atoms with van der Waals surface area (Å²) in [6, 6.07) is 8.01. The molecule has 1 unspecified atom stereocenters. The zero-order valence-corrected chi connectivity index (χ0v) is 14.3. The fourth-order valence-corrected chi connectivity index (χ4v) is 2.72. The van der Waals surface area contributed by atoms with Crippen LogP contribution in [0.25, 0.3) is 11.4 Å². The van der Waals surface area contributed by atoms with Gasteiger partial charge in [-0.05, 0) is 50.1 Å². The summed E-state index contributed by atoms with van der Waals surface area (Å²) in [7, 11) is 3.71. The van der Waals surface area contributed by atoms with Crippen LogP contribution in [0, 0.1) is 5.92 Å². The second-order valence-corrected chi connectivity index (χ2v) is 5.80. The van der Waals surface area contributed by atoms with Crippen molar-refractivity contribution in [1.29, 1.82) is 0 Å². The van der Waals surface area contributed by atoms with Crippen molar-refractivity contribution in [2.75, 3.05) is 20.7 Å². The monoisotopic (exact) mass is 338 g/mol. The second-order valence-electron chi connectivity index (χ2n) is 5.80. The fraction of sp³-hybridized carbons (Fsp3) is 0.500. The fourth-order valence-electron chi connectivity index (χ4n) is 2.72. The molecule has 1 heterocycles. The molecule has 0 bridgehead atoms. The highest BCUT2D eigenvalue weighted by molar-refractivity contribution is 5.85. The molecule has 1 atom stereocenters. The normalized spacial score (nSPS) is 15.3. The first-order valence-corrected chi connectivity index (χ1v) is 7.58. The second kappa shape index (κ2) is 7.77. The Morgan fingerprint density at radius 1 is 1.35 bits per heavy atom. The van der Waals surface area contributed by atoms with Gasteiger partial charge in [-0.2, -0.15) is 4.98 Å². The molecule has 1 aliphatic carbocycles. The van der Waals surface area contributed by atoms with E-state index in [1.807, 2.05) is 24.3 Å². The van der Waals surface area contributed by atoms with Gasteiger partial charge in [0.05, 0.1) is 13.7 Å². The van der Waals surface area contributed by atoms with Crippen LogP contribution in [0.1, 0.15) is 18.7 Å². The third kappa shape index (κ3) is 4.22. The van der Waals surface area contributed by atoms with Gasteiger partial charge in [0.15, 0.2) is 0 Å². The maximum atomic E-state index is 5.87. The highest BCUT2D eigenvalue weighted by atomic mass is 35.5. The van der Waals surface area contributed by atoms with Crippen molar-refractivity contribution >= 4 is 12.4 Å². The highest BCUT2D eigenvalue weighted by Crippen LogP contribution is 2.34. The molecule has 1 saturated carbocycles. The largest absolute Gasteiger partial charge is 0.497 e. The number of nitrogens with zero attached hydrogens (tertiary/aromatic N) is 3. The first-order chi connectivity index (χ1) is 10.7. The van der Waals surface area contributed by atoms with Gasteiger partial charge >= 0.3 is 0 Å². The van der Waals surface area contributed by atoms with Crippen LogP contribution >= 0.6 is 12.4 Å². The molecule has 3 rings (SSSR count). The minimum atomic E-state index is 0. The van der Waals surface area contributed by atoms with Crippen LogP contribution in [0.4, 0.5) is 0 Å². The zero-order chi connectivity index (χ0) is 15.5. The van der Waals surface area contributed by atoms with E-state index in [4.69, 9.17) is 15.0 Å². The Balaban J connectivity index is 0.00000192. The van der Waals surface area contributed by atoms with Crippen molar-refractivity contribution in [3.8, 4) is 17.1 Å². The van der Waals surface area contributed by atoms with E-state index in [0.29, 0.717) is 30.8 Å². The Bertz CT molecular complexity index is 613. The van der Waals surface area contributed by atoms with E-state index in [2.05, 4.69) is 22.1 Å². The number of likely N-dealkylation sites (N-methyl/N-ethyl adjacent to an activating group) is 1. The van der Waals surface area contributed by atoms with E-state index >= 15 is 0 Å². The van der Waals surface area contributed by atoms with E-state index in [0.717, 1.165) is 17.2 Å². The van der Waals surface area contributed by atoms with Crippen molar-refractivity contribution in [3.05, 3.63) is 30.2 Å². The van der Waals surface area contributed by atoms with Gasteiger partial charge in [-0.1, -0.05) is 5.16 Å². The molecule has 126 valence electrons. The zero-order valence-electron chi connectivity index (χ0n) is 13.4. The predicted octanol–water partition coefficient (Wildman–Crippen LogP) is 2.34. The average Bonchev–Trinajstić information content (AvgIpc) is 3.26. The molecular weight excluding hydrogens is 316 g/mol. The van der Waals surface area contributed by atoms with E-state index in [-0.39, 0.29) is 12.4 Å². The van der Waals surface area contributed by atoms with Gasteiger partial charge in [0, 0.05) is 18.2 Å². The van der Waals surface area contributed by atoms with Gasteiger partial charge < -0.3 is 15.0 Å². The lowest BCUT2D eigenvalue weighted by Crippen LogP contribution is -2.39. The van der Waals surface area contributed by atoms with Crippen LogP contribution in [-0.2, 0) is 6.54 Å². The number of hydrogen-bond acceptors (Lipinski definition) is 6. The van der Waals surface area contributed by atoms with Crippen LogP contribution in [-0.4, -0.2) is 41.8 Å². The van der Waals surface area contributed by atoms with Gasteiger partial charge in [-0.25, -0.2) is 0 Å². The maximum Gasteiger partial charge on any atom is 0.241 e. The molecule has 0 spiro atoms. The van der Waals surface area contributed by atoms with Crippen molar-refractivity contribution in [2.24, 2.45) is 11.7 Å². The minimum Gasteiger partial charge on any atom is -0.497 e. The summed E-state index contributed by atoms with van der Waals surface area (Å²) in [5.74, 6) is 2.75. The quantitative estimate of drug-likeness (QED) is 0.835. The first-order valence-electron chi connectivity index (χ1n) is 7.58. The summed E-state index contributed by atoms with van der Waals surface area (Å²) in [5, 5.41) is 4.06. The van der Waals surface area contributed by atoms with Crippen LogP contribution in [0.2, 0.25) is 0 Å². The molecule has 7 heteroatoms. The number of rotatable bonds is 7. The number of nitrogens with two attached hydrogens (primary N) is 1. The summed E-state index contributed by atoms with van der Waals surface area (Å²) in [4.78, 5) is 6.68. The van der Waals surface area contributed by atoms with E-state index in [1.54, 1.807) is 7.11 Å². The summed E-state index contributed by atoms with van der Waals surface area (Å²) in [5.41, 5.74) is 6.78. The Morgan fingerprint density at radius 2 is 2.04 bits per heavy atom. The molecule has 23 heavy (non-hydrogen) atoms. The number of ether oxygens (including phenoxy) is 1. The lowest BCUT2D eigenvalue weighted by molar-refractivity contribution is 0.189. The van der Waals surface area contributed by atoms with Gasteiger partial charge in [-0.15, -0.1) is 12.4 Å². The molecule has 0 radical (unpaired) electrons. The first kappa shape index (κ1) is 17.7. The third-order valence-electron chi connectivity index (χ3n) is 4.17. The minimum absolute atomic E-state index is 0. The Hall–Kier alpha value is -1.63. The summed E-state index contributed by atoms with van der Waals surface area (Å²) in [6.07, 6.45) is 2.54. The van der Waals surface area contributed by atoms with Crippen LogP contribution in [0.5, 0.6) is 5.75 Å². The molecule has 1 aromatic carbocycles. The topological polar surface area (TPSA) is 77.4 Å². The SMILES string of the molecule is COc1ccc(-c2noc(CN(C)C(CN)C3CC3)n2)cc1.Cl. The van der Waals surface area contributed by atoms with Crippen LogP contribution < -0.4 is 10.5 Å². The molecule has 1 aromatic heterocycles. The maximum absolute atomic E-state index is 5.87. The molecule has 0 saturated heterocycles. The van der Waals surface area contributed by atoms with Crippen LogP contribution in [0.3, 0.4) is 0 Å². The van der Waals surface area contributed by atoms with Crippen molar-refractivity contribution in [3.63, 3.8) is 0 Å². The van der Waals surface area contributed by atoms with Gasteiger partial charge in [0.2, 0.25) is 11.7 Å². The highest BCUT2D eigenvalue weighted by Gasteiger charge is 2.33. The summed E-state index contributed by atoms with van der Waals surface area (Å²) < 4.78 is 10.5. The number of methoxy groups -OCH3 is 1. The average molecular weight is 339 g/mol. The Morgan fingerprint density at radius 3 is 2.61 bits per heavy atom. The lowest BCUT2D eigenvalue weighted by Gasteiger charge is -2.25. The van der Waals surface area contributed by atoms with E-state index < -0.39 is 0 Å². The van der Waals surface area contributed by atoms with E-state index in [1.165, 1.54) is 12.8 Å². The Kier molecular flexibility index (Phi) is 5.98. The predicted molar refractivity (Wildman–Crippen MR) is 90.6 cm³/mol. The number of aromatic nitrogens is 2. The number of halogens is 1. The van der Waals surface area contributed by atoms with Gasteiger partial charge in [-0.3, -0.25) is 4.90 Å².